The maximum atomic E-state index is 12.7. The van der Waals surface area contributed by atoms with Gasteiger partial charge in [0.05, 0.1) is 23.1 Å². The monoisotopic (exact) mass is 341 g/mol. The smallest absolute Gasteiger partial charge is 0.337 e. The molecule has 0 bridgehead atoms. The van der Waals surface area contributed by atoms with E-state index in [1.807, 2.05) is 0 Å². The molecular formula is C16H23NO5S. The van der Waals surface area contributed by atoms with Crippen molar-refractivity contribution in [3.05, 3.63) is 29.8 Å². The van der Waals surface area contributed by atoms with Crippen molar-refractivity contribution in [1.29, 1.82) is 0 Å². The van der Waals surface area contributed by atoms with Crippen molar-refractivity contribution in [3.8, 4) is 0 Å². The van der Waals surface area contributed by atoms with Gasteiger partial charge in [0.25, 0.3) is 0 Å². The van der Waals surface area contributed by atoms with E-state index in [9.17, 15) is 18.3 Å². The molecule has 23 heavy (non-hydrogen) atoms. The minimum absolute atomic E-state index is 0.0339. The van der Waals surface area contributed by atoms with Crippen LogP contribution in [0.25, 0.3) is 0 Å². The first-order chi connectivity index (χ1) is 10.9. The number of anilines is 1. The number of methoxy groups -OCH3 is 1. The van der Waals surface area contributed by atoms with Crippen LogP contribution >= 0.6 is 0 Å². The highest BCUT2D eigenvalue weighted by molar-refractivity contribution is 7.92. The molecule has 1 aromatic carbocycles. The second-order valence-corrected chi connectivity index (χ2v) is 7.93. The summed E-state index contributed by atoms with van der Waals surface area (Å²) in [5.74, 6) is -1.04. The SMILES string of the molecule is COC(CS(=O)(=O)N(C)c1ccccc1C(=O)O)C1CCCC1. The number of carbonyl (C=O) groups is 1. The molecule has 0 heterocycles. The third kappa shape index (κ3) is 4.03. The molecule has 128 valence electrons. The lowest BCUT2D eigenvalue weighted by atomic mass is 10.0. The number of para-hydroxylation sites is 1. The second kappa shape index (κ2) is 7.31. The van der Waals surface area contributed by atoms with Crippen molar-refractivity contribution in [1.82, 2.24) is 0 Å². The summed E-state index contributed by atoms with van der Waals surface area (Å²) in [6.45, 7) is 0. The van der Waals surface area contributed by atoms with Gasteiger partial charge in [-0.15, -0.1) is 0 Å². The van der Waals surface area contributed by atoms with Crippen LogP contribution in [0.1, 0.15) is 36.0 Å². The second-order valence-electron chi connectivity index (χ2n) is 5.89. The molecule has 1 aliphatic rings. The highest BCUT2D eigenvalue weighted by Crippen LogP contribution is 2.31. The molecule has 6 nitrogen and oxygen atoms in total. The predicted molar refractivity (Wildman–Crippen MR) is 88.3 cm³/mol. The number of carboxylic acid groups (broad SMARTS) is 1. The summed E-state index contributed by atoms with van der Waals surface area (Å²) >= 11 is 0. The minimum Gasteiger partial charge on any atom is -0.478 e. The van der Waals surface area contributed by atoms with E-state index in [0.29, 0.717) is 0 Å². The van der Waals surface area contributed by atoms with Gasteiger partial charge in [0.2, 0.25) is 10.0 Å². The zero-order valence-corrected chi connectivity index (χ0v) is 14.3. The van der Waals surface area contributed by atoms with Crippen LogP contribution in [0.2, 0.25) is 0 Å². The van der Waals surface area contributed by atoms with Crippen molar-refractivity contribution in [2.24, 2.45) is 5.92 Å². The Morgan fingerprint density at radius 3 is 2.52 bits per heavy atom. The van der Waals surface area contributed by atoms with Crippen LogP contribution in [0.15, 0.2) is 24.3 Å². The standard InChI is InChI=1S/C16H23NO5S/c1-17(14-10-6-5-9-13(14)16(18)19)23(20,21)11-15(22-2)12-7-3-4-8-12/h5-6,9-10,12,15H,3-4,7-8,11H2,1-2H3,(H,18,19). The first-order valence-corrected chi connectivity index (χ1v) is 9.29. The summed E-state index contributed by atoms with van der Waals surface area (Å²) in [4.78, 5) is 11.3. The molecule has 0 spiro atoms. The number of rotatable bonds is 7. The highest BCUT2D eigenvalue weighted by Gasteiger charge is 2.32. The van der Waals surface area contributed by atoms with Crippen molar-refractivity contribution in [3.63, 3.8) is 0 Å². The number of ether oxygens (including phenoxy) is 1. The number of nitrogens with zero attached hydrogens (tertiary/aromatic N) is 1. The van der Waals surface area contributed by atoms with E-state index in [0.717, 1.165) is 30.0 Å². The van der Waals surface area contributed by atoms with E-state index in [1.165, 1.54) is 26.3 Å². The van der Waals surface area contributed by atoms with E-state index >= 15 is 0 Å². The molecule has 2 rings (SSSR count). The quantitative estimate of drug-likeness (QED) is 0.823. The number of aromatic carboxylic acids is 1. The summed E-state index contributed by atoms with van der Waals surface area (Å²) in [5, 5.41) is 9.23. The third-order valence-corrected chi connectivity index (χ3v) is 6.28. The number of sulfonamides is 1. The summed E-state index contributed by atoms with van der Waals surface area (Å²) < 4.78 is 31.8. The first kappa shape index (κ1) is 17.7. The van der Waals surface area contributed by atoms with Crippen LogP contribution in [-0.4, -0.2) is 45.5 Å². The molecule has 1 saturated carbocycles. The fraction of sp³-hybridized carbons (Fsp3) is 0.562. The number of carboxylic acids is 1. The maximum Gasteiger partial charge on any atom is 0.337 e. The van der Waals surface area contributed by atoms with Crippen LogP contribution < -0.4 is 4.31 Å². The Morgan fingerprint density at radius 2 is 1.96 bits per heavy atom. The van der Waals surface area contributed by atoms with Gasteiger partial charge >= 0.3 is 5.97 Å². The van der Waals surface area contributed by atoms with Gasteiger partial charge < -0.3 is 9.84 Å². The summed E-state index contributed by atoms with van der Waals surface area (Å²) in [5.41, 5.74) is 0.134. The van der Waals surface area contributed by atoms with Gasteiger partial charge in [-0.05, 0) is 30.9 Å². The lowest BCUT2D eigenvalue weighted by Gasteiger charge is -2.26. The largest absolute Gasteiger partial charge is 0.478 e. The van der Waals surface area contributed by atoms with Crippen LogP contribution in [-0.2, 0) is 14.8 Å². The molecule has 1 fully saturated rings. The lowest BCUT2D eigenvalue weighted by Crippen LogP contribution is -2.38. The Balaban J connectivity index is 2.23. The highest BCUT2D eigenvalue weighted by atomic mass is 32.2. The van der Waals surface area contributed by atoms with Crippen LogP contribution in [0.3, 0.4) is 0 Å². The van der Waals surface area contributed by atoms with E-state index in [4.69, 9.17) is 4.74 Å². The number of benzene rings is 1. The Morgan fingerprint density at radius 1 is 1.35 bits per heavy atom. The van der Waals surface area contributed by atoms with Crippen LogP contribution in [0, 0.1) is 5.92 Å². The van der Waals surface area contributed by atoms with Crippen molar-refractivity contribution >= 4 is 21.7 Å². The number of hydrogen-bond donors (Lipinski definition) is 1. The summed E-state index contributed by atoms with van der Waals surface area (Å²) in [6.07, 6.45) is 3.79. The fourth-order valence-electron chi connectivity index (χ4n) is 3.12. The Kier molecular flexibility index (Phi) is 5.64. The molecule has 0 amide bonds. The summed E-state index contributed by atoms with van der Waals surface area (Å²) in [7, 11) is -0.754. The zero-order chi connectivity index (χ0) is 17.0. The van der Waals surface area contributed by atoms with Crippen LogP contribution in [0.5, 0.6) is 0 Å². The van der Waals surface area contributed by atoms with Gasteiger partial charge in [-0.25, -0.2) is 13.2 Å². The first-order valence-electron chi connectivity index (χ1n) is 7.68. The number of hydrogen-bond acceptors (Lipinski definition) is 4. The Labute approximate surface area is 137 Å². The molecule has 1 aliphatic carbocycles. The molecule has 1 N–H and O–H groups in total. The van der Waals surface area contributed by atoms with Gasteiger partial charge in [-0.1, -0.05) is 25.0 Å². The average molecular weight is 341 g/mol. The molecular weight excluding hydrogens is 318 g/mol. The summed E-state index contributed by atoms with van der Waals surface area (Å²) in [6, 6.07) is 6.09. The topological polar surface area (TPSA) is 83.9 Å². The van der Waals surface area contributed by atoms with Crippen molar-refractivity contribution in [2.45, 2.75) is 31.8 Å². The van der Waals surface area contributed by atoms with E-state index in [1.54, 1.807) is 12.1 Å². The molecule has 0 aliphatic heterocycles. The molecule has 0 saturated heterocycles. The minimum atomic E-state index is -3.67. The van der Waals surface area contributed by atoms with Crippen LogP contribution in [0.4, 0.5) is 5.69 Å². The normalized spacial score (nSPS) is 17.1. The molecule has 0 aromatic heterocycles. The van der Waals surface area contributed by atoms with Gasteiger partial charge in [0.15, 0.2) is 0 Å². The third-order valence-electron chi connectivity index (χ3n) is 4.49. The van der Waals surface area contributed by atoms with Gasteiger partial charge in [-0.2, -0.15) is 0 Å². The molecule has 0 radical (unpaired) electrons. The van der Waals surface area contributed by atoms with E-state index < -0.39 is 16.0 Å². The lowest BCUT2D eigenvalue weighted by molar-refractivity contribution is 0.0697. The molecule has 1 unspecified atom stereocenters. The predicted octanol–water partition coefficient (Wildman–Crippen LogP) is 2.36. The maximum absolute atomic E-state index is 12.7. The van der Waals surface area contributed by atoms with Gasteiger partial charge in [0, 0.05) is 14.2 Å². The van der Waals surface area contributed by atoms with Gasteiger partial charge in [-0.3, -0.25) is 4.31 Å². The fourth-order valence-corrected chi connectivity index (χ4v) is 4.63. The van der Waals surface area contributed by atoms with E-state index in [-0.39, 0.29) is 29.0 Å². The Bertz CT molecular complexity index is 652. The molecule has 7 heteroatoms. The van der Waals surface area contributed by atoms with Gasteiger partial charge in [0.1, 0.15) is 0 Å². The molecule has 1 aromatic rings. The van der Waals surface area contributed by atoms with Crippen molar-refractivity contribution < 1.29 is 23.1 Å². The zero-order valence-electron chi connectivity index (χ0n) is 13.4. The Hall–Kier alpha value is -1.60. The van der Waals surface area contributed by atoms with Crippen molar-refractivity contribution in [2.75, 3.05) is 24.2 Å². The average Bonchev–Trinajstić information content (AvgIpc) is 3.06. The van der Waals surface area contributed by atoms with E-state index in [2.05, 4.69) is 0 Å². The molecule has 1 atom stereocenters.